The van der Waals surface area contributed by atoms with Gasteiger partial charge in [0, 0.05) is 0 Å². The van der Waals surface area contributed by atoms with Crippen LogP contribution in [0.3, 0.4) is 0 Å². The van der Waals surface area contributed by atoms with Crippen molar-refractivity contribution in [3.05, 3.63) is 48.5 Å². The zero-order chi connectivity index (χ0) is 14.8. The van der Waals surface area contributed by atoms with Crippen molar-refractivity contribution in [1.29, 1.82) is 0 Å². The first-order valence-corrected chi connectivity index (χ1v) is 7.94. The summed E-state index contributed by atoms with van der Waals surface area (Å²) in [6.07, 6.45) is 2.93. The van der Waals surface area contributed by atoms with Gasteiger partial charge in [-0.05, 0) is 54.2 Å². The summed E-state index contributed by atoms with van der Waals surface area (Å²) >= 11 is 0. The van der Waals surface area contributed by atoms with Gasteiger partial charge in [-0.2, -0.15) is 0 Å². The fourth-order valence-corrected chi connectivity index (χ4v) is 2.34. The Morgan fingerprint density at radius 1 is 0.773 bits per heavy atom. The number of ether oxygens (including phenoxy) is 3. The highest BCUT2D eigenvalue weighted by atomic mass is 16.6. The Labute approximate surface area is 130 Å². The van der Waals surface area contributed by atoms with E-state index in [-0.39, 0.29) is 0 Å². The van der Waals surface area contributed by atoms with Gasteiger partial charge in [0.15, 0.2) is 0 Å². The largest absolute Gasteiger partial charge is 0.493 e. The molecule has 0 bridgehead atoms. The van der Waals surface area contributed by atoms with Crippen LogP contribution in [0.25, 0.3) is 11.1 Å². The molecule has 0 radical (unpaired) electrons. The number of rotatable bonds is 7. The molecule has 0 amide bonds. The van der Waals surface area contributed by atoms with Crippen molar-refractivity contribution in [1.82, 2.24) is 0 Å². The Kier molecular flexibility index (Phi) is 3.73. The van der Waals surface area contributed by atoms with Gasteiger partial charge in [-0.3, -0.25) is 0 Å². The zero-order valence-electron chi connectivity index (χ0n) is 12.5. The predicted molar refractivity (Wildman–Crippen MR) is 85.3 cm³/mol. The number of hydrogen-bond donors (Lipinski definition) is 0. The highest BCUT2D eigenvalue weighted by Gasteiger charge is 2.23. The Bertz CT molecular complexity index is 553. The Morgan fingerprint density at radius 3 is 1.73 bits per heavy atom. The lowest BCUT2D eigenvalue weighted by Crippen LogP contribution is -2.03. The van der Waals surface area contributed by atoms with Crippen LogP contribution in [0, 0.1) is 5.92 Å². The van der Waals surface area contributed by atoms with Gasteiger partial charge in [0.25, 0.3) is 0 Å². The van der Waals surface area contributed by atoms with Crippen molar-refractivity contribution >= 4 is 0 Å². The summed E-state index contributed by atoms with van der Waals surface area (Å²) in [6, 6.07) is 16.5. The molecule has 1 saturated carbocycles. The van der Waals surface area contributed by atoms with Crippen LogP contribution in [0.1, 0.15) is 12.8 Å². The van der Waals surface area contributed by atoms with Crippen LogP contribution < -0.4 is 9.47 Å². The fraction of sp³-hybridized carbons (Fsp3) is 0.368. The molecule has 2 fully saturated rings. The van der Waals surface area contributed by atoms with Crippen molar-refractivity contribution in [2.45, 2.75) is 18.9 Å². The van der Waals surface area contributed by atoms with Gasteiger partial charge in [-0.1, -0.05) is 24.3 Å². The van der Waals surface area contributed by atoms with Crippen molar-refractivity contribution < 1.29 is 14.2 Å². The Hall–Kier alpha value is -2.00. The predicted octanol–water partition coefficient (Wildman–Crippen LogP) is 3.92. The molecule has 2 aromatic carbocycles. The lowest BCUT2D eigenvalue weighted by atomic mass is 10.1. The number of epoxide rings is 1. The van der Waals surface area contributed by atoms with Crippen LogP contribution in [0.15, 0.2) is 48.5 Å². The molecule has 1 unspecified atom stereocenters. The quantitative estimate of drug-likeness (QED) is 0.726. The van der Waals surface area contributed by atoms with Crippen LogP contribution in [0.4, 0.5) is 0 Å². The van der Waals surface area contributed by atoms with E-state index in [2.05, 4.69) is 24.3 Å². The molecule has 0 spiro atoms. The second kappa shape index (κ2) is 6.01. The molecule has 1 heterocycles. The Balaban J connectivity index is 1.37. The van der Waals surface area contributed by atoms with Gasteiger partial charge in [-0.15, -0.1) is 0 Å². The first kappa shape index (κ1) is 13.6. The normalized spacial score (nSPS) is 19.7. The minimum atomic E-state index is 0.294. The number of benzene rings is 2. The van der Waals surface area contributed by atoms with E-state index in [9.17, 15) is 0 Å². The fourth-order valence-electron chi connectivity index (χ4n) is 2.34. The lowest BCUT2D eigenvalue weighted by molar-refractivity contribution is 0.263. The summed E-state index contributed by atoms with van der Waals surface area (Å²) in [5.41, 5.74) is 2.37. The molecule has 0 aromatic heterocycles. The summed E-state index contributed by atoms with van der Waals surface area (Å²) in [5, 5.41) is 0. The first-order valence-electron chi connectivity index (χ1n) is 7.94. The molecule has 1 atom stereocenters. The molecule has 114 valence electrons. The van der Waals surface area contributed by atoms with Gasteiger partial charge >= 0.3 is 0 Å². The molecule has 2 aromatic rings. The third-order valence-corrected chi connectivity index (χ3v) is 4.06. The van der Waals surface area contributed by atoms with Crippen molar-refractivity contribution in [3.8, 4) is 22.6 Å². The number of hydrogen-bond acceptors (Lipinski definition) is 3. The molecule has 3 heteroatoms. The highest BCUT2D eigenvalue weighted by Crippen LogP contribution is 2.30. The average molecular weight is 296 g/mol. The smallest absolute Gasteiger partial charge is 0.119 e. The molecule has 3 nitrogen and oxygen atoms in total. The molecule has 22 heavy (non-hydrogen) atoms. The summed E-state index contributed by atoms with van der Waals surface area (Å²) in [7, 11) is 0. The molecule has 4 rings (SSSR count). The van der Waals surface area contributed by atoms with E-state index in [0.717, 1.165) is 30.6 Å². The van der Waals surface area contributed by atoms with Crippen LogP contribution in [0.5, 0.6) is 11.5 Å². The lowest BCUT2D eigenvalue weighted by Gasteiger charge is -2.08. The third-order valence-electron chi connectivity index (χ3n) is 4.06. The highest BCUT2D eigenvalue weighted by molar-refractivity contribution is 5.64. The van der Waals surface area contributed by atoms with Crippen molar-refractivity contribution in [2.75, 3.05) is 19.8 Å². The van der Waals surface area contributed by atoms with E-state index in [1.165, 1.54) is 24.0 Å². The van der Waals surface area contributed by atoms with Gasteiger partial charge < -0.3 is 14.2 Å². The summed E-state index contributed by atoms with van der Waals surface area (Å²) in [5.74, 6) is 2.64. The van der Waals surface area contributed by atoms with Crippen LogP contribution in [-0.4, -0.2) is 25.9 Å². The SMILES string of the molecule is c1cc(-c2ccc(OCC3CO3)cc2)ccc1OCC1CC1. The molecule has 1 aliphatic carbocycles. The maximum absolute atomic E-state index is 5.77. The first-order chi connectivity index (χ1) is 10.9. The molecular weight excluding hydrogens is 276 g/mol. The third kappa shape index (κ3) is 3.60. The molecular formula is C19H20O3. The van der Waals surface area contributed by atoms with E-state index < -0.39 is 0 Å². The van der Waals surface area contributed by atoms with Gasteiger partial charge in [0.1, 0.15) is 24.2 Å². The van der Waals surface area contributed by atoms with E-state index in [0.29, 0.717) is 12.7 Å². The van der Waals surface area contributed by atoms with Crippen molar-refractivity contribution in [3.63, 3.8) is 0 Å². The Morgan fingerprint density at radius 2 is 1.27 bits per heavy atom. The van der Waals surface area contributed by atoms with E-state index in [1.807, 2.05) is 24.3 Å². The van der Waals surface area contributed by atoms with E-state index in [1.54, 1.807) is 0 Å². The van der Waals surface area contributed by atoms with Crippen molar-refractivity contribution in [2.24, 2.45) is 5.92 Å². The minimum absolute atomic E-state index is 0.294. The van der Waals surface area contributed by atoms with Gasteiger partial charge in [0.2, 0.25) is 0 Å². The topological polar surface area (TPSA) is 31.0 Å². The monoisotopic (exact) mass is 296 g/mol. The minimum Gasteiger partial charge on any atom is -0.493 e. The summed E-state index contributed by atoms with van der Waals surface area (Å²) < 4.78 is 16.6. The van der Waals surface area contributed by atoms with Crippen LogP contribution >= 0.6 is 0 Å². The van der Waals surface area contributed by atoms with E-state index in [4.69, 9.17) is 14.2 Å². The standard InChI is InChI=1S/C19H20O3/c1-2-14(1)11-20-17-7-3-15(4-8-17)16-5-9-18(10-6-16)21-12-19-13-22-19/h3-10,14,19H,1-2,11-13H2. The molecule has 1 saturated heterocycles. The van der Waals surface area contributed by atoms with Crippen LogP contribution in [-0.2, 0) is 4.74 Å². The van der Waals surface area contributed by atoms with Crippen LogP contribution in [0.2, 0.25) is 0 Å². The summed E-state index contributed by atoms with van der Waals surface area (Å²) in [6.45, 7) is 2.33. The maximum atomic E-state index is 5.77. The second-order valence-electron chi connectivity index (χ2n) is 6.07. The zero-order valence-corrected chi connectivity index (χ0v) is 12.5. The molecule has 0 N–H and O–H groups in total. The average Bonchev–Trinajstić information content (AvgIpc) is 3.47. The van der Waals surface area contributed by atoms with Gasteiger partial charge in [0.05, 0.1) is 13.2 Å². The molecule has 1 aliphatic heterocycles. The van der Waals surface area contributed by atoms with Gasteiger partial charge in [-0.25, -0.2) is 0 Å². The maximum Gasteiger partial charge on any atom is 0.119 e. The second-order valence-corrected chi connectivity index (χ2v) is 6.07. The summed E-state index contributed by atoms with van der Waals surface area (Å²) in [4.78, 5) is 0. The molecule has 2 aliphatic rings. The van der Waals surface area contributed by atoms with E-state index >= 15 is 0 Å².